The molecule has 5 heteroatoms. The third-order valence-corrected chi connectivity index (χ3v) is 5.46. The minimum absolute atomic E-state index is 0.475. The number of fused-ring (bicyclic) bond motifs is 1. The highest BCUT2D eigenvalue weighted by atomic mass is 16.5. The summed E-state index contributed by atoms with van der Waals surface area (Å²) in [6.45, 7) is 18.6. The topological polar surface area (TPSA) is 60.0 Å². The number of hydrogen-bond acceptors (Lipinski definition) is 4. The Balaban J connectivity index is 1.74. The molecular formula is C28H31N3O2. The van der Waals surface area contributed by atoms with Crippen molar-refractivity contribution < 1.29 is 9.47 Å². The first-order chi connectivity index (χ1) is 15.8. The normalized spacial score (nSPS) is 11.5. The van der Waals surface area contributed by atoms with Gasteiger partial charge in [0.1, 0.15) is 17.0 Å². The summed E-state index contributed by atoms with van der Waals surface area (Å²) in [5, 5.41) is 13.3. The Hall–Kier alpha value is -3.60. The first-order valence-electron chi connectivity index (χ1n) is 11.4. The lowest BCUT2D eigenvalue weighted by atomic mass is 9.94. The molecule has 0 aliphatic carbocycles. The van der Waals surface area contributed by atoms with Gasteiger partial charge in [0.25, 0.3) is 0 Å². The third kappa shape index (κ3) is 4.77. The van der Waals surface area contributed by atoms with Gasteiger partial charge in [-0.2, -0.15) is 0 Å². The number of H-pyrrole nitrogens is 1. The van der Waals surface area contributed by atoms with Crippen LogP contribution in [0.5, 0.6) is 11.5 Å². The number of benzene rings is 3. The molecule has 0 saturated heterocycles. The molecule has 0 bridgehead atoms. The van der Waals surface area contributed by atoms with Crippen LogP contribution in [0.1, 0.15) is 27.7 Å². The number of nitrogens with one attached hydrogen (secondary N) is 1. The largest absolute Gasteiger partial charge is 0.493 e. The van der Waals surface area contributed by atoms with E-state index in [0.29, 0.717) is 25.0 Å². The van der Waals surface area contributed by atoms with Crippen molar-refractivity contribution in [1.29, 1.82) is 0 Å². The number of aromatic nitrogens is 3. The standard InChI is InChI=1S/C28H31N3O2/c1-17(2)15-32-23-11-7-21(8-12-23)25-19(5)20(6)26(28-27(25)29-31-30-28)22-9-13-24(14-10-22)33-16-18(3)4/h7-14,17-18H,5-6,15-16H2,1-4H3,(H,29,30). The van der Waals surface area contributed by atoms with E-state index in [1.54, 1.807) is 0 Å². The summed E-state index contributed by atoms with van der Waals surface area (Å²) in [5.74, 6) is 2.65. The molecule has 5 nitrogen and oxygen atoms in total. The Kier molecular flexibility index (Phi) is 6.50. The van der Waals surface area contributed by atoms with Crippen LogP contribution in [0.15, 0.2) is 48.5 Å². The summed E-state index contributed by atoms with van der Waals surface area (Å²) < 4.78 is 11.7. The van der Waals surface area contributed by atoms with Gasteiger partial charge in [-0.05, 0) is 57.7 Å². The lowest BCUT2D eigenvalue weighted by Gasteiger charge is -2.13. The van der Waals surface area contributed by atoms with Gasteiger partial charge in [0, 0.05) is 11.1 Å². The van der Waals surface area contributed by atoms with Crippen LogP contribution in [-0.4, -0.2) is 28.6 Å². The van der Waals surface area contributed by atoms with Gasteiger partial charge in [-0.25, -0.2) is 0 Å². The van der Waals surface area contributed by atoms with Crippen molar-refractivity contribution in [1.82, 2.24) is 15.4 Å². The van der Waals surface area contributed by atoms with Crippen LogP contribution >= 0.6 is 0 Å². The van der Waals surface area contributed by atoms with Crippen molar-refractivity contribution in [3.63, 3.8) is 0 Å². The van der Waals surface area contributed by atoms with E-state index in [1.165, 1.54) is 0 Å². The van der Waals surface area contributed by atoms with Gasteiger partial charge in [0.15, 0.2) is 0 Å². The van der Waals surface area contributed by atoms with E-state index >= 15 is 0 Å². The quantitative estimate of drug-likeness (QED) is 0.409. The Labute approximate surface area is 194 Å². The molecule has 3 aromatic carbocycles. The maximum atomic E-state index is 5.83. The Morgan fingerprint density at radius 1 is 0.727 bits per heavy atom. The van der Waals surface area contributed by atoms with Crippen molar-refractivity contribution in [3.8, 4) is 33.8 Å². The number of aromatic amines is 1. The zero-order chi connectivity index (χ0) is 23.5. The Morgan fingerprint density at radius 3 is 1.67 bits per heavy atom. The van der Waals surface area contributed by atoms with Crippen molar-refractivity contribution >= 4 is 24.2 Å². The molecule has 0 aliphatic rings. The highest BCUT2D eigenvalue weighted by Crippen LogP contribution is 2.30. The fraction of sp³-hybridized carbons (Fsp3) is 0.286. The molecule has 0 aliphatic heterocycles. The van der Waals surface area contributed by atoms with Crippen LogP contribution in [0.2, 0.25) is 0 Å². The number of rotatable bonds is 8. The van der Waals surface area contributed by atoms with Gasteiger partial charge < -0.3 is 9.47 Å². The summed E-state index contributed by atoms with van der Waals surface area (Å²) in [6, 6.07) is 16.1. The van der Waals surface area contributed by atoms with Crippen molar-refractivity contribution in [2.24, 2.45) is 11.8 Å². The lowest BCUT2D eigenvalue weighted by Crippen LogP contribution is -2.27. The van der Waals surface area contributed by atoms with Crippen LogP contribution in [0.3, 0.4) is 0 Å². The lowest BCUT2D eigenvalue weighted by molar-refractivity contribution is 0.271. The molecule has 0 fully saturated rings. The van der Waals surface area contributed by atoms with Crippen molar-refractivity contribution in [2.45, 2.75) is 27.7 Å². The molecule has 0 spiro atoms. The molecule has 0 atom stereocenters. The van der Waals surface area contributed by atoms with E-state index in [-0.39, 0.29) is 0 Å². The molecular weight excluding hydrogens is 410 g/mol. The predicted octanol–water partition coefficient (Wildman–Crippen LogP) is 5.18. The van der Waals surface area contributed by atoms with E-state index in [4.69, 9.17) is 9.47 Å². The highest BCUT2D eigenvalue weighted by molar-refractivity contribution is 6.00. The fourth-order valence-electron chi connectivity index (χ4n) is 3.76. The van der Waals surface area contributed by atoms with Gasteiger partial charge in [-0.15, -0.1) is 5.10 Å². The van der Waals surface area contributed by atoms with E-state index in [1.807, 2.05) is 48.5 Å². The molecule has 0 radical (unpaired) electrons. The molecule has 1 aromatic heterocycles. The zero-order valence-electron chi connectivity index (χ0n) is 19.8. The molecule has 4 rings (SSSR count). The molecule has 33 heavy (non-hydrogen) atoms. The third-order valence-electron chi connectivity index (χ3n) is 5.46. The summed E-state index contributed by atoms with van der Waals surface area (Å²) in [6.07, 6.45) is 0. The summed E-state index contributed by atoms with van der Waals surface area (Å²) in [4.78, 5) is 0. The van der Waals surface area contributed by atoms with E-state index in [2.05, 4.69) is 56.3 Å². The molecule has 0 amide bonds. The highest BCUT2D eigenvalue weighted by Gasteiger charge is 2.16. The second-order valence-electron chi connectivity index (χ2n) is 9.20. The first kappa shape index (κ1) is 22.6. The average Bonchev–Trinajstić information content (AvgIpc) is 3.27. The maximum Gasteiger partial charge on any atom is 0.122 e. The first-order valence-corrected chi connectivity index (χ1v) is 11.4. The summed E-state index contributed by atoms with van der Waals surface area (Å²) in [7, 11) is 0. The molecule has 1 N–H and O–H groups in total. The van der Waals surface area contributed by atoms with Crippen LogP contribution in [0.4, 0.5) is 0 Å². The Bertz CT molecular complexity index is 1230. The minimum atomic E-state index is 0.475. The monoisotopic (exact) mass is 441 g/mol. The van der Waals surface area contributed by atoms with E-state index in [0.717, 1.165) is 55.2 Å². The van der Waals surface area contributed by atoms with Gasteiger partial charge >= 0.3 is 0 Å². The van der Waals surface area contributed by atoms with E-state index < -0.39 is 0 Å². The van der Waals surface area contributed by atoms with Crippen LogP contribution < -0.4 is 19.9 Å². The van der Waals surface area contributed by atoms with Crippen LogP contribution in [-0.2, 0) is 0 Å². The second-order valence-corrected chi connectivity index (χ2v) is 9.20. The minimum Gasteiger partial charge on any atom is -0.493 e. The van der Waals surface area contributed by atoms with Crippen LogP contribution in [0.25, 0.3) is 46.4 Å². The van der Waals surface area contributed by atoms with Crippen molar-refractivity contribution in [3.05, 3.63) is 59.0 Å². The summed E-state index contributed by atoms with van der Waals surface area (Å²) in [5.41, 5.74) is 5.53. The van der Waals surface area contributed by atoms with Crippen molar-refractivity contribution in [2.75, 3.05) is 13.2 Å². The Morgan fingerprint density at radius 2 is 1.18 bits per heavy atom. The van der Waals surface area contributed by atoms with E-state index in [9.17, 15) is 0 Å². The van der Waals surface area contributed by atoms with Gasteiger partial charge in [0.05, 0.1) is 18.7 Å². The van der Waals surface area contributed by atoms with Gasteiger partial charge in [-0.3, -0.25) is 5.10 Å². The zero-order valence-corrected chi connectivity index (χ0v) is 19.8. The smallest absolute Gasteiger partial charge is 0.122 e. The van der Waals surface area contributed by atoms with Gasteiger partial charge in [-0.1, -0.05) is 70.3 Å². The fourth-order valence-corrected chi connectivity index (χ4v) is 3.76. The van der Waals surface area contributed by atoms with Gasteiger partial charge in [0.2, 0.25) is 0 Å². The SMILES string of the molecule is C=c1c(-c2ccc(OCC(C)C)cc2)c2nn[nH]c2c(-c2ccc(OCC(C)C)cc2)c1=C. The number of nitrogens with zero attached hydrogens (tertiary/aromatic N) is 2. The molecule has 170 valence electrons. The maximum absolute atomic E-state index is 5.83. The molecule has 0 saturated carbocycles. The molecule has 4 aromatic rings. The second kappa shape index (κ2) is 9.49. The predicted molar refractivity (Wildman–Crippen MR) is 136 cm³/mol. The average molecular weight is 442 g/mol. The molecule has 0 unspecified atom stereocenters. The molecule has 1 heterocycles. The number of ether oxygens (including phenoxy) is 2. The van der Waals surface area contributed by atoms with Crippen LogP contribution in [0, 0.1) is 11.8 Å². The summed E-state index contributed by atoms with van der Waals surface area (Å²) >= 11 is 0. The number of hydrogen-bond donors (Lipinski definition) is 1.